The third-order valence-electron chi connectivity index (χ3n) is 4.01. The Balaban J connectivity index is 1.44. The van der Waals surface area contributed by atoms with Crippen LogP contribution in [0.2, 0.25) is 5.15 Å². The molecule has 0 saturated heterocycles. The maximum Gasteiger partial charge on any atom is 0.219 e. The molecule has 0 amide bonds. The monoisotopic (exact) mass is 413 g/mol. The maximum absolute atomic E-state index is 12.9. The van der Waals surface area contributed by atoms with Crippen molar-refractivity contribution in [2.75, 3.05) is 13.6 Å². The molecule has 0 fully saturated rings. The van der Waals surface area contributed by atoms with E-state index in [9.17, 15) is 4.39 Å². The second-order valence-corrected chi connectivity index (χ2v) is 6.54. The van der Waals surface area contributed by atoms with Gasteiger partial charge in [0.2, 0.25) is 5.88 Å². The molecule has 0 spiro atoms. The van der Waals surface area contributed by atoms with Crippen LogP contribution in [-0.4, -0.2) is 29.5 Å². The molecule has 0 aliphatic carbocycles. The van der Waals surface area contributed by atoms with Gasteiger partial charge in [0.1, 0.15) is 16.7 Å². The van der Waals surface area contributed by atoms with Crippen molar-refractivity contribution in [3.05, 3.63) is 83.0 Å². The van der Waals surface area contributed by atoms with E-state index in [-0.39, 0.29) is 5.82 Å². The summed E-state index contributed by atoms with van der Waals surface area (Å²) in [6.07, 6.45) is 4.29. The van der Waals surface area contributed by atoms with Gasteiger partial charge in [0.15, 0.2) is 5.96 Å². The van der Waals surface area contributed by atoms with Crippen LogP contribution in [0, 0.1) is 5.82 Å². The molecule has 29 heavy (non-hydrogen) atoms. The van der Waals surface area contributed by atoms with Crippen molar-refractivity contribution in [1.82, 2.24) is 20.6 Å². The van der Waals surface area contributed by atoms with Crippen LogP contribution in [0.1, 0.15) is 11.1 Å². The zero-order valence-electron chi connectivity index (χ0n) is 15.9. The van der Waals surface area contributed by atoms with Gasteiger partial charge in [-0.1, -0.05) is 23.7 Å². The Morgan fingerprint density at radius 1 is 1.00 bits per heavy atom. The first-order valence-corrected chi connectivity index (χ1v) is 9.43. The number of aliphatic imine (C=N–C) groups is 1. The number of rotatable bonds is 7. The van der Waals surface area contributed by atoms with Crippen LogP contribution >= 0.6 is 11.6 Å². The quantitative estimate of drug-likeness (QED) is 0.348. The van der Waals surface area contributed by atoms with Gasteiger partial charge in [0.25, 0.3) is 0 Å². The fourth-order valence-corrected chi connectivity index (χ4v) is 2.60. The fourth-order valence-electron chi connectivity index (χ4n) is 2.49. The van der Waals surface area contributed by atoms with Crippen LogP contribution in [-0.2, 0) is 13.0 Å². The van der Waals surface area contributed by atoms with Crippen molar-refractivity contribution in [1.29, 1.82) is 0 Å². The molecule has 8 heteroatoms. The lowest BCUT2D eigenvalue weighted by atomic mass is 10.2. The summed E-state index contributed by atoms with van der Waals surface area (Å²) in [7, 11) is 1.72. The molecule has 0 aliphatic rings. The molecule has 0 radical (unpaired) electrons. The number of nitrogens with one attached hydrogen (secondary N) is 2. The first-order valence-electron chi connectivity index (χ1n) is 9.05. The molecule has 150 valence electrons. The first-order chi connectivity index (χ1) is 14.1. The summed E-state index contributed by atoms with van der Waals surface area (Å²) in [6.45, 7) is 1.28. The highest BCUT2D eigenvalue weighted by molar-refractivity contribution is 6.29. The lowest BCUT2D eigenvalue weighted by Crippen LogP contribution is -2.37. The molecule has 3 aromatic rings. The number of halogens is 2. The van der Waals surface area contributed by atoms with Crippen molar-refractivity contribution in [2.24, 2.45) is 4.99 Å². The largest absolute Gasteiger partial charge is 0.439 e. The molecule has 3 rings (SSSR count). The summed E-state index contributed by atoms with van der Waals surface area (Å²) in [6, 6.07) is 13.2. The summed E-state index contributed by atoms with van der Waals surface area (Å²) < 4.78 is 18.5. The van der Waals surface area contributed by atoms with Crippen molar-refractivity contribution in [3.63, 3.8) is 0 Å². The molecule has 0 aliphatic heterocycles. The fraction of sp³-hybridized carbons (Fsp3) is 0.190. The van der Waals surface area contributed by atoms with Gasteiger partial charge >= 0.3 is 0 Å². The van der Waals surface area contributed by atoms with Crippen LogP contribution in [0.15, 0.2) is 65.9 Å². The molecule has 0 unspecified atom stereocenters. The van der Waals surface area contributed by atoms with Gasteiger partial charge in [-0.15, -0.1) is 0 Å². The SMILES string of the molecule is CN=C(NCCc1ccc(Cl)nc1)NCc1ccc(Oc2ccc(F)cc2)nc1. The van der Waals surface area contributed by atoms with Crippen LogP contribution in [0.25, 0.3) is 0 Å². The van der Waals surface area contributed by atoms with Gasteiger partial charge in [0.05, 0.1) is 0 Å². The minimum Gasteiger partial charge on any atom is -0.439 e. The normalized spacial score (nSPS) is 11.2. The number of nitrogens with zero attached hydrogens (tertiary/aromatic N) is 3. The average Bonchev–Trinajstić information content (AvgIpc) is 2.74. The summed E-state index contributed by atoms with van der Waals surface area (Å²) >= 11 is 5.79. The second-order valence-electron chi connectivity index (χ2n) is 6.15. The first kappa shape index (κ1) is 20.5. The van der Waals surface area contributed by atoms with Crippen LogP contribution in [0.3, 0.4) is 0 Å². The Hall–Kier alpha value is -3.19. The molecule has 0 bridgehead atoms. The summed E-state index contributed by atoms with van der Waals surface area (Å²) in [5.41, 5.74) is 2.07. The van der Waals surface area contributed by atoms with E-state index in [0.717, 1.165) is 17.5 Å². The summed E-state index contributed by atoms with van der Waals surface area (Å²) in [5.74, 6) is 1.36. The zero-order chi connectivity index (χ0) is 20.5. The van der Waals surface area contributed by atoms with E-state index in [0.29, 0.717) is 35.8 Å². The topological polar surface area (TPSA) is 71.4 Å². The minimum absolute atomic E-state index is 0.307. The number of aromatic nitrogens is 2. The number of hydrogen-bond acceptors (Lipinski definition) is 4. The smallest absolute Gasteiger partial charge is 0.219 e. The van der Waals surface area contributed by atoms with Crippen molar-refractivity contribution < 1.29 is 9.13 Å². The highest BCUT2D eigenvalue weighted by Crippen LogP contribution is 2.19. The molecule has 0 atom stereocenters. The second kappa shape index (κ2) is 10.4. The Labute approximate surface area is 173 Å². The lowest BCUT2D eigenvalue weighted by molar-refractivity contribution is 0.461. The highest BCUT2D eigenvalue weighted by Gasteiger charge is 2.02. The Bertz CT molecular complexity index is 931. The Morgan fingerprint density at radius 3 is 2.41 bits per heavy atom. The third kappa shape index (κ3) is 6.73. The van der Waals surface area contributed by atoms with E-state index in [1.807, 2.05) is 12.1 Å². The van der Waals surface area contributed by atoms with Crippen LogP contribution < -0.4 is 15.4 Å². The van der Waals surface area contributed by atoms with E-state index >= 15 is 0 Å². The third-order valence-corrected chi connectivity index (χ3v) is 4.24. The number of guanidine groups is 1. The van der Waals surface area contributed by atoms with E-state index in [4.69, 9.17) is 16.3 Å². The molecule has 1 aromatic carbocycles. The van der Waals surface area contributed by atoms with E-state index in [2.05, 4.69) is 25.6 Å². The molecule has 2 N–H and O–H groups in total. The van der Waals surface area contributed by atoms with Gasteiger partial charge in [-0.05, 0) is 47.9 Å². The molecule has 6 nitrogen and oxygen atoms in total. The number of hydrogen-bond donors (Lipinski definition) is 2. The van der Waals surface area contributed by atoms with E-state index in [1.165, 1.54) is 12.1 Å². The maximum atomic E-state index is 12.9. The molecular weight excluding hydrogens is 393 g/mol. The van der Waals surface area contributed by atoms with Crippen molar-refractivity contribution in [2.45, 2.75) is 13.0 Å². The predicted molar refractivity (Wildman–Crippen MR) is 112 cm³/mol. The van der Waals surface area contributed by atoms with Gasteiger partial charge in [-0.2, -0.15) is 0 Å². The van der Waals surface area contributed by atoms with Crippen LogP contribution in [0.5, 0.6) is 11.6 Å². The molecule has 2 aromatic heterocycles. The van der Waals surface area contributed by atoms with Gasteiger partial charge in [-0.3, -0.25) is 4.99 Å². The van der Waals surface area contributed by atoms with Gasteiger partial charge in [0, 0.05) is 38.6 Å². The molecule has 2 heterocycles. The predicted octanol–water partition coefficient (Wildman–Crippen LogP) is 3.97. The summed E-state index contributed by atoms with van der Waals surface area (Å²) in [4.78, 5) is 12.6. The minimum atomic E-state index is -0.307. The average molecular weight is 414 g/mol. The van der Waals surface area contributed by atoms with E-state index < -0.39 is 0 Å². The van der Waals surface area contributed by atoms with Gasteiger partial charge < -0.3 is 15.4 Å². The molecule has 0 saturated carbocycles. The number of pyridine rings is 2. The Kier molecular flexibility index (Phi) is 7.35. The zero-order valence-corrected chi connectivity index (χ0v) is 16.7. The lowest BCUT2D eigenvalue weighted by Gasteiger charge is -2.12. The van der Waals surface area contributed by atoms with Gasteiger partial charge in [-0.25, -0.2) is 14.4 Å². The van der Waals surface area contributed by atoms with Crippen molar-refractivity contribution >= 4 is 17.6 Å². The van der Waals surface area contributed by atoms with E-state index in [1.54, 1.807) is 43.7 Å². The Morgan fingerprint density at radius 2 is 1.76 bits per heavy atom. The van der Waals surface area contributed by atoms with Crippen LogP contribution in [0.4, 0.5) is 4.39 Å². The number of ether oxygens (including phenoxy) is 1. The highest BCUT2D eigenvalue weighted by atomic mass is 35.5. The standard InChI is InChI=1S/C21H21ClFN5O/c1-24-21(25-11-10-15-2-8-19(22)26-12-15)28-14-16-3-9-20(27-13-16)29-18-6-4-17(23)5-7-18/h2-9,12-13H,10-11,14H2,1H3,(H2,24,25,28). The number of benzene rings is 1. The summed E-state index contributed by atoms with van der Waals surface area (Å²) in [5, 5.41) is 6.98. The molecular formula is C21H21ClFN5O. The van der Waals surface area contributed by atoms with Crippen molar-refractivity contribution in [3.8, 4) is 11.6 Å².